The van der Waals surface area contributed by atoms with Crippen LogP contribution in [0.15, 0.2) is 16.6 Å². The Labute approximate surface area is 109 Å². The molecule has 0 heterocycles. The summed E-state index contributed by atoms with van der Waals surface area (Å²) in [6.45, 7) is 2.45. The number of hydrogen-bond acceptors (Lipinski definition) is 3. The highest BCUT2D eigenvalue weighted by Crippen LogP contribution is 2.29. The molecule has 0 fully saturated rings. The SMILES string of the molecule is COCC(C)N(C)c1ccc(C#N)c(Br)c1F. The van der Waals surface area contributed by atoms with Gasteiger partial charge in [-0.25, -0.2) is 4.39 Å². The molecule has 1 rings (SSSR count). The van der Waals surface area contributed by atoms with Gasteiger partial charge >= 0.3 is 0 Å². The molecular formula is C12H14BrFN2O. The number of rotatable bonds is 4. The van der Waals surface area contributed by atoms with Gasteiger partial charge in [-0.2, -0.15) is 5.26 Å². The number of methoxy groups -OCH3 is 1. The lowest BCUT2D eigenvalue weighted by Crippen LogP contribution is -2.33. The first-order valence-electron chi connectivity index (χ1n) is 5.12. The lowest BCUT2D eigenvalue weighted by molar-refractivity contribution is 0.183. The van der Waals surface area contributed by atoms with Crippen molar-refractivity contribution in [1.29, 1.82) is 5.26 Å². The fourth-order valence-electron chi connectivity index (χ4n) is 1.49. The quantitative estimate of drug-likeness (QED) is 0.858. The van der Waals surface area contributed by atoms with E-state index in [0.717, 1.165) is 0 Å². The predicted octanol–water partition coefficient (Wildman–Crippen LogP) is 2.93. The smallest absolute Gasteiger partial charge is 0.161 e. The van der Waals surface area contributed by atoms with Crippen LogP contribution in [0.2, 0.25) is 0 Å². The van der Waals surface area contributed by atoms with Crippen molar-refractivity contribution in [3.05, 3.63) is 28.0 Å². The molecule has 0 spiro atoms. The van der Waals surface area contributed by atoms with E-state index >= 15 is 0 Å². The first-order valence-corrected chi connectivity index (χ1v) is 5.92. The van der Waals surface area contributed by atoms with Crippen molar-refractivity contribution < 1.29 is 9.13 Å². The first-order chi connectivity index (χ1) is 8.02. The van der Waals surface area contributed by atoms with Crippen molar-refractivity contribution in [2.75, 3.05) is 25.7 Å². The molecule has 92 valence electrons. The van der Waals surface area contributed by atoms with E-state index in [1.54, 1.807) is 31.2 Å². The summed E-state index contributed by atoms with van der Waals surface area (Å²) in [4.78, 5) is 1.78. The van der Waals surface area contributed by atoms with Gasteiger partial charge in [-0.1, -0.05) is 0 Å². The van der Waals surface area contributed by atoms with E-state index in [0.29, 0.717) is 17.9 Å². The van der Waals surface area contributed by atoms with Crippen molar-refractivity contribution >= 4 is 21.6 Å². The molecule has 0 N–H and O–H groups in total. The predicted molar refractivity (Wildman–Crippen MR) is 68.6 cm³/mol. The van der Waals surface area contributed by atoms with Crippen molar-refractivity contribution in [2.45, 2.75) is 13.0 Å². The molecule has 1 aromatic carbocycles. The number of likely N-dealkylation sites (N-methyl/N-ethyl adjacent to an activating group) is 1. The molecule has 0 aliphatic heterocycles. The third-order valence-electron chi connectivity index (χ3n) is 2.63. The Hall–Kier alpha value is -1.12. The van der Waals surface area contributed by atoms with Crippen molar-refractivity contribution in [2.24, 2.45) is 0 Å². The van der Waals surface area contributed by atoms with Crippen LogP contribution in [0.25, 0.3) is 0 Å². The monoisotopic (exact) mass is 300 g/mol. The van der Waals surface area contributed by atoms with E-state index in [2.05, 4.69) is 15.9 Å². The van der Waals surface area contributed by atoms with E-state index in [-0.39, 0.29) is 10.5 Å². The summed E-state index contributed by atoms with van der Waals surface area (Å²) in [7, 11) is 3.40. The standard InChI is InChI=1S/C12H14BrFN2O/c1-8(7-17-3)16(2)10-5-4-9(6-15)11(13)12(10)14/h4-5,8H,7H2,1-3H3. The zero-order chi connectivity index (χ0) is 13.0. The maximum absolute atomic E-state index is 14.0. The van der Waals surface area contributed by atoms with Crippen LogP contribution in [0.4, 0.5) is 10.1 Å². The van der Waals surface area contributed by atoms with Gasteiger partial charge in [0.2, 0.25) is 0 Å². The van der Waals surface area contributed by atoms with Crippen LogP contribution < -0.4 is 4.90 Å². The molecule has 1 aromatic rings. The molecule has 0 radical (unpaired) electrons. The molecule has 5 heteroatoms. The highest BCUT2D eigenvalue weighted by Gasteiger charge is 2.17. The molecule has 0 aliphatic rings. The Morgan fingerprint density at radius 1 is 1.59 bits per heavy atom. The summed E-state index contributed by atoms with van der Waals surface area (Å²) in [5.41, 5.74) is 0.736. The van der Waals surface area contributed by atoms with E-state index in [4.69, 9.17) is 10.00 Å². The second-order valence-corrected chi connectivity index (χ2v) is 4.58. The number of hydrogen-bond donors (Lipinski definition) is 0. The molecular weight excluding hydrogens is 287 g/mol. The Kier molecular flexibility index (Phi) is 4.91. The number of anilines is 1. The van der Waals surface area contributed by atoms with Crippen LogP contribution in [-0.2, 0) is 4.74 Å². The Balaban J connectivity index is 3.08. The highest BCUT2D eigenvalue weighted by molar-refractivity contribution is 9.10. The highest BCUT2D eigenvalue weighted by atomic mass is 79.9. The summed E-state index contributed by atoms with van der Waals surface area (Å²) in [5, 5.41) is 8.79. The molecule has 17 heavy (non-hydrogen) atoms. The lowest BCUT2D eigenvalue weighted by Gasteiger charge is -2.27. The van der Waals surface area contributed by atoms with Gasteiger partial charge < -0.3 is 9.64 Å². The Morgan fingerprint density at radius 2 is 2.24 bits per heavy atom. The van der Waals surface area contributed by atoms with Crippen molar-refractivity contribution in [3.8, 4) is 6.07 Å². The average molecular weight is 301 g/mol. The summed E-state index contributed by atoms with van der Waals surface area (Å²) >= 11 is 3.09. The molecule has 0 saturated heterocycles. The zero-order valence-electron chi connectivity index (χ0n) is 10.00. The summed E-state index contributed by atoms with van der Waals surface area (Å²) in [6, 6.07) is 5.17. The van der Waals surface area contributed by atoms with Gasteiger partial charge in [0.05, 0.1) is 22.3 Å². The minimum absolute atomic E-state index is 0.0503. The van der Waals surface area contributed by atoms with Crippen LogP contribution >= 0.6 is 15.9 Å². The number of nitrogens with zero attached hydrogens (tertiary/aromatic N) is 2. The van der Waals surface area contributed by atoms with Gasteiger partial charge in [0.15, 0.2) is 5.82 Å². The molecule has 3 nitrogen and oxygen atoms in total. The first kappa shape index (κ1) is 13.9. The van der Waals surface area contributed by atoms with Crippen molar-refractivity contribution in [3.63, 3.8) is 0 Å². The number of ether oxygens (including phenoxy) is 1. The van der Waals surface area contributed by atoms with Crippen LogP contribution in [0.3, 0.4) is 0 Å². The summed E-state index contributed by atoms with van der Waals surface area (Å²) < 4.78 is 19.3. The molecule has 0 amide bonds. The third-order valence-corrected chi connectivity index (χ3v) is 3.41. The van der Waals surface area contributed by atoms with Gasteiger partial charge in [-0.05, 0) is 35.0 Å². The minimum Gasteiger partial charge on any atom is -0.383 e. The fourth-order valence-corrected chi connectivity index (χ4v) is 1.91. The molecule has 1 atom stereocenters. The second kappa shape index (κ2) is 5.99. The number of benzene rings is 1. The molecule has 0 bridgehead atoms. The van der Waals surface area contributed by atoms with Crippen LogP contribution in [0.1, 0.15) is 12.5 Å². The largest absolute Gasteiger partial charge is 0.383 e. The van der Waals surface area contributed by atoms with Gasteiger partial charge in [-0.3, -0.25) is 0 Å². The minimum atomic E-state index is -0.422. The average Bonchev–Trinajstić information content (AvgIpc) is 2.32. The van der Waals surface area contributed by atoms with Crippen molar-refractivity contribution in [1.82, 2.24) is 0 Å². The number of nitriles is 1. The Bertz CT molecular complexity index is 445. The maximum atomic E-state index is 14.0. The van der Waals surface area contributed by atoms with Gasteiger partial charge in [0.25, 0.3) is 0 Å². The summed E-state index contributed by atoms with van der Waals surface area (Å²) in [6.07, 6.45) is 0. The number of halogens is 2. The van der Waals surface area contributed by atoms with E-state index in [1.807, 2.05) is 13.0 Å². The Morgan fingerprint density at radius 3 is 2.76 bits per heavy atom. The maximum Gasteiger partial charge on any atom is 0.161 e. The summed E-state index contributed by atoms with van der Waals surface area (Å²) in [5.74, 6) is -0.422. The van der Waals surface area contributed by atoms with Crippen LogP contribution in [0, 0.1) is 17.1 Å². The van der Waals surface area contributed by atoms with E-state index in [1.165, 1.54) is 0 Å². The third kappa shape index (κ3) is 2.96. The topological polar surface area (TPSA) is 36.3 Å². The molecule has 0 aromatic heterocycles. The normalized spacial score (nSPS) is 12.0. The molecule has 1 unspecified atom stereocenters. The van der Waals surface area contributed by atoms with Crippen LogP contribution in [0.5, 0.6) is 0 Å². The second-order valence-electron chi connectivity index (χ2n) is 3.79. The van der Waals surface area contributed by atoms with E-state index < -0.39 is 5.82 Å². The fraction of sp³-hybridized carbons (Fsp3) is 0.417. The molecule has 0 aliphatic carbocycles. The van der Waals surface area contributed by atoms with Crippen LogP contribution in [-0.4, -0.2) is 26.8 Å². The van der Waals surface area contributed by atoms with Gasteiger partial charge in [-0.15, -0.1) is 0 Å². The van der Waals surface area contributed by atoms with E-state index in [9.17, 15) is 4.39 Å². The van der Waals surface area contributed by atoms with Gasteiger partial charge in [0.1, 0.15) is 6.07 Å². The zero-order valence-corrected chi connectivity index (χ0v) is 11.6. The molecule has 0 saturated carbocycles. The lowest BCUT2D eigenvalue weighted by atomic mass is 10.2. The van der Waals surface area contributed by atoms with Gasteiger partial charge in [0, 0.05) is 20.2 Å².